The molecule has 4 heteroatoms. The van der Waals surface area contributed by atoms with Crippen LogP contribution in [0.4, 0.5) is 0 Å². The topological polar surface area (TPSA) is 57.8 Å². The van der Waals surface area contributed by atoms with E-state index in [9.17, 15) is 4.79 Å². The minimum Gasteiger partial charge on any atom is -0.349 e. The number of rotatable bonds is 3. The van der Waals surface area contributed by atoms with Crippen molar-refractivity contribution in [3.63, 3.8) is 0 Å². The van der Waals surface area contributed by atoms with Crippen LogP contribution in [0.2, 0.25) is 0 Å². The van der Waals surface area contributed by atoms with Crippen LogP contribution < -0.4 is 5.32 Å². The molecule has 4 nitrogen and oxygen atoms in total. The molecule has 1 aromatic heterocycles. The van der Waals surface area contributed by atoms with Crippen LogP contribution in [-0.2, 0) is 11.2 Å². The molecule has 0 aliphatic carbocycles. The van der Waals surface area contributed by atoms with Gasteiger partial charge in [0.25, 0.3) is 5.91 Å². The highest BCUT2D eigenvalue weighted by molar-refractivity contribution is 5.92. The summed E-state index contributed by atoms with van der Waals surface area (Å²) in [4.78, 5) is 17.5. The second kappa shape index (κ2) is 4.19. The Balaban J connectivity index is 2.20. The van der Waals surface area contributed by atoms with Gasteiger partial charge in [-0.25, -0.2) is 4.98 Å². The highest BCUT2D eigenvalue weighted by atomic mass is 16.1. The molecule has 0 aliphatic rings. The Bertz CT molecular complexity index is 284. The van der Waals surface area contributed by atoms with Gasteiger partial charge in [-0.05, 0) is 5.92 Å². The minimum atomic E-state index is -0.387. The van der Waals surface area contributed by atoms with Crippen molar-refractivity contribution < 1.29 is 4.79 Å². The van der Waals surface area contributed by atoms with E-state index in [-0.39, 0.29) is 5.91 Å². The van der Waals surface area contributed by atoms with Crippen LogP contribution >= 0.6 is 0 Å². The zero-order valence-electron chi connectivity index (χ0n) is 6.50. The van der Waals surface area contributed by atoms with Gasteiger partial charge in [-0.15, -0.1) is 6.42 Å². The molecule has 0 fully saturated rings. The number of nitrogens with one attached hydrogen (secondary N) is 2. The van der Waals surface area contributed by atoms with Gasteiger partial charge in [0, 0.05) is 25.4 Å². The molecular weight excluding hydrogens is 154 g/mol. The Morgan fingerprint density at radius 1 is 1.83 bits per heavy atom. The first-order chi connectivity index (χ1) is 5.83. The first-order valence-corrected chi connectivity index (χ1v) is 3.55. The predicted molar refractivity (Wildman–Crippen MR) is 44.1 cm³/mol. The van der Waals surface area contributed by atoms with Gasteiger partial charge in [0.15, 0.2) is 0 Å². The zero-order valence-corrected chi connectivity index (χ0v) is 6.50. The number of terminal acetylenes is 1. The van der Waals surface area contributed by atoms with Gasteiger partial charge >= 0.3 is 0 Å². The molecular formula is C8H9N3O. The Hall–Kier alpha value is -1.76. The second-order valence-electron chi connectivity index (χ2n) is 2.19. The van der Waals surface area contributed by atoms with Crippen molar-refractivity contribution in [2.24, 2.45) is 0 Å². The van der Waals surface area contributed by atoms with Crippen molar-refractivity contribution >= 4 is 5.91 Å². The van der Waals surface area contributed by atoms with Gasteiger partial charge in [0.1, 0.15) is 5.82 Å². The van der Waals surface area contributed by atoms with Gasteiger partial charge in [0.05, 0.1) is 0 Å². The van der Waals surface area contributed by atoms with E-state index >= 15 is 0 Å². The molecule has 0 aliphatic heterocycles. The van der Waals surface area contributed by atoms with Crippen molar-refractivity contribution in [3.8, 4) is 12.3 Å². The third-order valence-electron chi connectivity index (χ3n) is 1.33. The molecule has 0 atom stereocenters. The Labute approximate surface area is 70.4 Å². The molecule has 1 rings (SSSR count). The summed E-state index contributed by atoms with van der Waals surface area (Å²) < 4.78 is 0. The van der Waals surface area contributed by atoms with Gasteiger partial charge in [-0.2, -0.15) is 0 Å². The van der Waals surface area contributed by atoms with E-state index in [2.05, 4.69) is 15.3 Å². The first kappa shape index (κ1) is 8.34. The summed E-state index contributed by atoms with van der Waals surface area (Å²) >= 11 is 0. The molecule has 2 N–H and O–H groups in total. The third kappa shape index (κ3) is 2.46. The van der Waals surface area contributed by atoms with Crippen molar-refractivity contribution in [2.45, 2.75) is 6.42 Å². The largest absolute Gasteiger partial charge is 0.349 e. The molecule has 0 radical (unpaired) electrons. The van der Waals surface area contributed by atoms with Crippen molar-refractivity contribution in [2.75, 3.05) is 6.54 Å². The van der Waals surface area contributed by atoms with Crippen molar-refractivity contribution in [3.05, 3.63) is 18.2 Å². The van der Waals surface area contributed by atoms with Crippen LogP contribution in [0.3, 0.4) is 0 Å². The number of imidazole rings is 1. The highest BCUT2D eigenvalue weighted by Gasteiger charge is 1.96. The number of carbonyl (C=O) groups excluding carboxylic acids is 1. The second-order valence-corrected chi connectivity index (χ2v) is 2.19. The van der Waals surface area contributed by atoms with Crippen LogP contribution in [-0.4, -0.2) is 22.4 Å². The number of aromatic nitrogens is 2. The summed E-state index contributed by atoms with van der Waals surface area (Å²) in [5, 5.41) is 2.54. The average molecular weight is 163 g/mol. The molecule has 12 heavy (non-hydrogen) atoms. The molecule has 0 unspecified atom stereocenters. The third-order valence-corrected chi connectivity index (χ3v) is 1.33. The summed E-state index contributed by atoms with van der Waals surface area (Å²) in [5.41, 5.74) is 0. The van der Waals surface area contributed by atoms with E-state index in [1.807, 2.05) is 5.92 Å². The maximum Gasteiger partial charge on any atom is 0.295 e. The van der Waals surface area contributed by atoms with E-state index < -0.39 is 0 Å². The lowest BCUT2D eigenvalue weighted by molar-refractivity contribution is -0.115. The molecule has 62 valence electrons. The van der Waals surface area contributed by atoms with Crippen molar-refractivity contribution in [1.29, 1.82) is 0 Å². The molecule has 1 amide bonds. The predicted octanol–water partition coefficient (Wildman–Crippen LogP) is -0.298. The van der Waals surface area contributed by atoms with E-state index in [0.717, 1.165) is 5.82 Å². The first-order valence-electron chi connectivity index (χ1n) is 3.55. The van der Waals surface area contributed by atoms with E-state index in [4.69, 9.17) is 6.42 Å². The average Bonchev–Trinajstić information content (AvgIpc) is 2.57. The molecule has 0 spiro atoms. The summed E-state index contributed by atoms with van der Waals surface area (Å²) in [6.45, 7) is 0.510. The molecule has 1 heterocycles. The smallest absolute Gasteiger partial charge is 0.295 e. The molecule has 1 aromatic rings. The normalized spacial score (nSPS) is 8.92. The monoisotopic (exact) mass is 163 g/mol. The van der Waals surface area contributed by atoms with E-state index in [1.165, 1.54) is 0 Å². The fourth-order valence-corrected chi connectivity index (χ4v) is 0.780. The number of carbonyl (C=O) groups is 1. The van der Waals surface area contributed by atoms with Crippen LogP contribution in [0.25, 0.3) is 0 Å². The SMILES string of the molecule is C#CC(=O)NCCc1ncc[nH]1. The fraction of sp³-hybridized carbons (Fsp3) is 0.250. The van der Waals surface area contributed by atoms with Crippen LogP contribution in [0.1, 0.15) is 5.82 Å². The maximum atomic E-state index is 10.6. The van der Waals surface area contributed by atoms with E-state index in [1.54, 1.807) is 12.4 Å². The summed E-state index contributed by atoms with van der Waals surface area (Å²) in [5.74, 6) is 2.42. The Morgan fingerprint density at radius 2 is 2.67 bits per heavy atom. The summed E-state index contributed by atoms with van der Waals surface area (Å²) in [6.07, 6.45) is 8.91. The van der Waals surface area contributed by atoms with E-state index in [0.29, 0.717) is 13.0 Å². The Morgan fingerprint density at radius 3 is 3.25 bits per heavy atom. The molecule has 0 aromatic carbocycles. The number of hydrogen-bond acceptors (Lipinski definition) is 2. The summed E-state index contributed by atoms with van der Waals surface area (Å²) in [6, 6.07) is 0. The number of aromatic amines is 1. The molecule has 0 bridgehead atoms. The Kier molecular flexibility index (Phi) is 2.91. The lowest BCUT2D eigenvalue weighted by Crippen LogP contribution is -2.24. The summed E-state index contributed by atoms with van der Waals surface area (Å²) in [7, 11) is 0. The minimum absolute atomic E-state index is 0.387. The van der Waals surface area contributed by atoms with Gasteiger partial charge in [-0.3, -0.25) is 4.79 Å². The number of nitrogens with zero attached hydrogens (tertiary/aromatic N) is 1. The molecule has 0 saturated carbocycles. The zero-order chi connectivity index (χ0) is 8.81. The quantitative estimate of drug-likeness (QED) is 0.601. The fourth-order valence-electron chi connectivity index (χ4n) is 0.780. The number of amides is 1. The van der Waals surface area contributed by atoms with Gasteiger partial charge in [-0.1, -0.05) is 0 Å². The van der Waals surface area contributed by atoms with Crippen LogP contribution in [0.15, 0.2) is 12.4 Å². The van der Waals surface area contributed by atoms with Crippen LogP contribution in [0, 0.1) is 12.3 Å². The number of H-pyrrole nitrogens is 1. The lowest BCUT2D eigenvalue weighted by atomic mass is 10.4. The van der Waals surface area contributed by atoms with Gasteiger partial charge < -0.3 is 10.3 Å². The number of hydrogen-bond donors (Lipinski definition) is 2. The van der Waals surface area contributed by atoms with Crippen molar-refractivity contribution in [1.82, 2.24) is 15.3 Å². The maximum absolute atomic E-state index is 10.6. The highest BCUT2D eigenvalue weighted by Crippen LogP contribution is 1.87. The van der Waals surface area contributed by atoms with Crippen LogP contribution in [0.5, 0.6) is 0 Å². The standard InChI is InChI=1S/C8H9N3O/c1-2-8(12)11-4-3-7-9-5-6-10-7/h1,5-6H,3-4H2,(H,9,10)(H,11,12). The molecule has 0 saturated heterocycles. The van der Waals surface area contributed by atoms with Gasteiger partial charge in [0.2, 0.25) is 0 Å². The lowest BCUT2D eigenvalue weighted by Gasteiger charge is -1.97.